The number of ether oxygens (including phenoxy) is 3. The van der Waals surface area contributed by atoms with Gasteiger partial charge in [0.05, 0.1) is 0 Å². The summed E-state index contributed by atoms with van der Waals surface area (Å²) in [5.74, 6) is -0.0957. The minimum absolute atomic E-state index is 0.157. The molecule has 0 unspecified atom stereocenters. The number of carboxylic acids is 1. The van der Waals surface area contributed by atoms with Crippen molar-refractivity contribution in [3.05, 3.63) is 28.8 Å². The molecule has 27 heavy (non-hydrogen) atoms. The van der Waals surface area contributed by atoms with Crippen molar-refractivity contribution in [1.29, 1.82) is 0 Å². The molecule has 150 valence electrons. The Hall–Kier alpha value is -2.12. The summed E-state index contributed by atoms with van der Waals surface area (Å²) in [4.78, 5) is 23.0. The molecule has 0 atom stereocenters. The number of aliphatic carboxylic acids is 1. The molecule has 1 aliphatic heterocycles. The number of amides is 1. The summed E-state index contributed by atoms with van der Waals surface area (Å²) in [6.07, 6.45) is 2.87. The number of rotatable bonds is 10. The smallest absolute Gasteiger partial charge is 0.341 e. The third-order valence-corrected chi connectivity index (χ3v) is 4.51. The molecule has 0 spiro atoms. The van der Waals surface area contributed by atoms with Crippen molar-refractivity contribution in [3.8, 4) is 5.75 Å². The second kappa shape index (κ2) is 10.9. The van der Waals surface area contributed by atoms with Gasteiger partial charge in [0, 0.05) is 38.5 Å². The van der Waals surface area contributed by atoms with Crippen LogP contribution >= 0.6 is 0 Å². The van der Waals surface area contributed by atoms with Crippen molar-refractivity contribution < 1.29 is 28.9 Å². The maximum absolute atomic E-state index is 12.3. The van der Waals surface area contributed by atoms with Gasteiger partial charge in [0.2, 0.25) is 0 Å². The minimum atomic E-state index is -1.03. The van der Waals surface area contributed by atoms with Gasteiger partial charge < -0.3 is 24.6 Å². The van der Waals surface area contributed by atoms with Gasteiger partial charge in [0.25, 0.3) is 5.91 Å². The zero-order chi connectivity index (χ0) is 19.6. The molecule has 1 saturated heterocycles. The van der Waals surface area contributed by atoms with Crippen LogP contribution in [-0.4, -0.2) is 56.6 Å². The van der Waals surface area contributed by atoms with Gasteiger partial charge in [-0.3, -0.25) is 4.79 Å². The third-order valence-electron chi connectivity index (χ3n) is 4.51. The Morgan fingerprint density at radius 3 is 2.52 bits per heavy atom. The van der Waals surface area contributed by atoms with Crippen LogP contribution in [0.3, 0.4) is 0 Å². The van der Waals surface area contributed by atoms with Crippen LogP contribution in [0.4, 0.5) is 0 Å². The molecule has 1 fully saturated rings. The molecule has 7 heteroatoms. The second-order valence-electron chi connectivity index (χ2n) is 6.86. The van der Waals surface area contributed by atoms with E-state index in [0.29, 0.717) is 30.4 Å². The summed E-state index contributed by atoms with van der Waals surface area (Å²) in [7, 11) is 0. The van der Waals surface area contributed by atoms with E-state index in [2.05, 4.69) is 5.32 Å². The van der Waals surface area contributed by atoms with Crippen LogP contribution in [0.15, 0.2) is 12.1 Å². The Morgan fingerprint density at radius 1 is 1.22 bits per heavy atom. The summed E-state index contributed by atoms with van der Waals surface area (Å²) < 4.78 is 16.3. The number of carboxylic acid groups (broad SMARTS) is 1. The topological polar surface area (TPSA) is 94.1 Å². The van der Waals surface area contributed by atoms with E-state index in [1.807, 2.05) is 0 Å². The average Bonchev–Trinajstić information content (AvgIpc) is 2.64. The van der Waals surface area contributed by atoms with Crippen molar-refractivity contribution in [3.63, 3.8) is 0 Å². The van der Waals surface area contributed by atoms with Crippen LogP contribution in [0.25, 0.3) is 0 Å². The highest BCUT2D eigenvalue weighted by atomic mass is 16.5. The van der Waals surface area contributed by atoms with Gasteiger partial charge in [-0.15, -0.1) is 0 Å². The predicted molar refractivity (Wildman–Crippen MR) is 100 cm³/mol. The minimum Gasteiger partial charge on any atom is -0.481 e. The van der Waals surface area contributed by atoms with Crippen molar-refractivity contribution >= 4 is 11.9 Å². The van der Waals surface area contributed by atoms with Gasteiger partial charge in [-0.05, 0) is 62.3 Å². The zero-order valence-electron chi connectivity index (χ0n) is 16.1. The molecule has 2 N–H and O–H groups in total. The van der Waals surface area contributed by atoms with Gasteiger partial charge in [0.15, 0.2) is 6.61 Å². The van der Waals surface area contributed by atoms with E-state index >= 15 is 0 Å². The second-order valence-corrected chi connectivity index (χ2v) is 6.86. The Balaban J connectivity index is 1.71. The van der Waals surface area contributed by atoms with E-state index < -0.39 is 12.6 Å². The number of benzene rings is 1. The summed E-state index contributed by atoms with van der Waals surface area (Å²) >= 11 is 0. The molecule has 2 rings (SSSR count). The normalized spacial score (nSPS) is 14.7. The molecule has 1 heterocycles. The molecular formula is C20H29NO6. The molecule has 0 saturated carbocycles. The Kier molecular flexibility index (Phi) is 8.54. The fraction of sp³-hybridized carbons (Fsp3) is 0.600. The number of carbonyl (C=O) groups is 2. The lowest BCUT2D eigenvalue weighted by Gasteiger charge is -2.21. The first-order valence-corrected chi connectivity index (χ1v) is 9.37. The molecule has 7 nitrogen and oxygen atoms in total. The van der Waals surface area contributed by atoms with Gasteiger partial charge in [0.1, 0.15) is 5.75 Å². The molecule has 0 aromatic heterocycles. The molecule has 1 aliphatic rings. The third kappa shape index (κ3) is 7.19. The van der Waals surface area contributed by atoms with Crippen molar-refractivity contribution in [2.24, 2.45) is 5.92 Å². The fourth-order valence-electron chi connectivity index (χ4n) is 3.08. The highest BCUT2D eigenvalue weighted by molar-refractivity contribution is 5.94. The van der Waals surface area contributed by atoms with Gasteiger partial charge in [-0.1, -0.05) is 0 Å². The van der Waals surface area contributed by atoms with Crippen molar-refractivity contribution in [2.75, 3.05) is 39.6 Å². The first-order chi connectivity index (χ1) is 13.0. The standard InChI is InChI=1S/C20H29NO6/c1-14-10-17(11-15(2)19(14)27-13-18(22)23)20(24)21-6-3-7-26-12-16-4-8-25-9-5-16/h10-11,16H,3-9,12-13H2,1-2H3,(H,21,24)(H,22,23). The monoisotopic (exact) mass is 379 g/mol. The van der Waals surface area contributed by atoms with Gasteiger partial charge >= 0.3 is 5.97 Å². The summed E-state index contributed by atoms with van der Waals surface area (Å²) in [5.41, 5.74) is 2.01. The zero-order valence-corrected chi connectivity index (χ0v) is 16.1. The van der Waals surface area contributed by atoms with E-state index in [1.54, 1.807) is 26.0 Å². The van der Waals surface area contributed by atoms with Crippen LogP contribution < -0.4 is 10.1 Å². The lowest BCUT2D eigenvalue weighted by Crippen LogP contribution is -2.26. The number of aryl methyl sites for hydroxylation is 2. The number of hydrogen-bond donors (Lipinski definition) is 2. The fourth-order valence-corrected chi connectivity index (χ4v) is 3.08. The van der Waals surface area contributed by atoms with E-state index in [4.69, 9.17) is 19.3 Å². The average molecular weight is 379 g/mol. The van der Waals surface area contributed by atoms with Crippen molar-refractivity contribution in [2.45, 2.75) is 33.1 Å². The highest BCUT2D eigenvalue weighted by Crippen LogP contribution is 2.24. The summed E-state index contributed by atoms with van der Waals surface area (Å²) in [5, 5.41) is 11.6. The largest absolute Gasteiger partial charge is 0.481 e. The van der Waals surface area contributed by atoms with Gasteiger partial charge in [-0.2, -0.15) is 0 Å². The highest BCUT2D eigenvalue weighted by Gasteiger charge is 2.14. The Labute approximate surface area is 160 Å². The lowest BCUT2D eigenvalue weighted by atomic mass is 10.0. The van der Waals surface area contributed by atoms with E-state index in [9.17, 15) is 9.59 Å². The molecule has 1 amide bonds. The Bertz CT molecular complexity index is 616. The van der Waals surface area contributed by atoms with Crippen LogP contribution in [0.1, 0.15) is 40.7 Å². The first kappa shape index (κ1) is 21.2. The molecule has 0 bridgehead atoms. The summed E-state index contributed by atoms with van der Waals surface area (Å²) in [6, 6.07) is 3.42. The molecule has 1 aromatic carbocycles. The quantitative estimate of drug-likeness (QED) is 0.606. The molecule has 0 aliphatic carbocycles. The number of hydrogen-bond acceptors (Lipinski definition) is 5. The Morgan fingerprint density at radius 2 is 1.89 bits per heavy atom. The first-order valence-electron chi connectivity index (χ1n) is 9.37. The molecule has 0 radical (unpaired) electrons. The maximum atomic E-state index is 12.3. The van der Waals surface area contributed by atoms with Crippen LogP contribution in [0.5, 0.6) is 5.75 Å². The van der Waals surface area contributed by atoms with E-state index in [1.165, 1.54) is 0 Å². The van der Waals surface area contributed by atoms with E-state index in [0.717, 1.165) is 50.2 Å². The van der Waals surface area contributed by atoms with Crippen LogP contribution in [-0.2, 0) is 14.3 Å². The van der Waals surface area contributed by atoms with Crippen LogP contribution in [0, 0.1) is 19.8 Å². The van der Waals surface area contributed by atoms with Gasteiger partial charge in [-0.25, -0.2) is 4.79 Å². The lowest BCUT2D eigenvalue weighted by molar-refractivity contribution is -0.139. The number of nitrogens with one attached hydrogen (secondary N) is 1. The number of carbonyl (C=O) groups excluding carboxylic acids is 1. The summed E-state index contributed by atoms with van der Waals surface area (Å²) in [6.45, 7) is 6.76. The van der Waals surface area contributed by atoms with Crippen molar-refractivity contribution in [1.82, 2.24) is 5.32 Å². The van der Waals surface area contributed by atoms with Crippen LogP contribution in [0.2, 0.25) is 0 Å². The SMILES string of the molecule is Cc1cc(C(=O)NCCCOCC2CCOCC2)cc(C)c1OCC(=O)O. The van der Waals surface area contributed by atoms with E-state index in [-0.39, 0.29) is 5.91 Å². The maximum Gasteiger partial charge on any atom is 0.341 e. The molecular weight excluding hydrogens is 350 g/mol. The predicted octanol–water partition coefficient (Wildman–Crippen LogP) is 2.33. The molecule has 1 aromatic rings.